The van der Waals surface area contributed by atoms with Crippen molar-refractivity contribution in [2.24, 2.45) is 11.7 Å². The Morgan fingerprint density at radius 2 is 2.33 bits per heavy atom. The second kappa shape index (κ2) is 4.97. The van der Waals surface area contributed by atoms with Gasteiger partial charge in [0.1, 0.15) is 0 Å². The molecular weight excluding hydrogens is 210 g/mol. The van der Waals surface area contributed by atoms with Crippen LogP contribution in [0, 0.1) is 5.92 Å². The second-order valence-corrected chi connectivity index (χ2v) is 4.42. The molecule has 1 aliphatic rings. The van der Waals surface area contributed by atoms with Crippen LogP contribution in [0.2, 0.25) is 5.02 Å². The zero-order chi connectivity index (χ0) is 10.7. The number of nitrogens with two attached hydrogens (primary N) is 1. The first kappa shape index (κ1) is 10.9. The van der Waals surface area contributed by atoms with Crippen molar-refractivity contribution < 1.29 is 4.74 Å². The third-order valence-electron chi connectivity index (χ3n) is 2.92. The first-order valence-corrected chi connectivity index (χ1v) is 5.76. The molecule has 3 heteroatoms. The van der Waals surface area contributed by atoms with E-state index in [9.17, 15) is 0 Å². The highest BCUT2D eigenvalue weighted by atomic mass is 35.5. The summed E-state index contributed by atoms with van der Waals surface area (Å²) in [6.45, 7) is 1.50. The summed E-state index contributed by atoms with van der Waals surface area (Å²) in [6, 6.07) is 7.87. The van der Waals surface area contributed by atoms with Crippen molar-refractivity contribution in [1.29, 1.82) is 0 Å². The molecular formula is C12H16ClNO. The van der Waals surface area contributed by atoms with Crippen LogP contribution in [0.3, 0.4) is 0 Å². The maximum atomic E-state index is 5.97. The summed E-state index contributed by atoms with van der Waals surface area (Å²) in [5.74, 6) is 0.428. The molecule has 82 valence electrons. The molecule has 15 heavy (non-hydrogen) atoms. The van der Waals surface area contributed by atoms with Gasteiger partial charge in [0, 0.05) is 17.5 Å². The lowest BCUT2D eigenvalue weighted by Crippen LogP contribution is -2.28. The van der Waals surface area contributed by atoms with E-state index in [0.29, 0.717) is 12.5 Å². The van der Waals surface area contributed by atoms with Crippen LogP contribution in [0.1, 0.15) is 24.5 Å². The average Bonchev–Trinajstić information content (AvgIpc) is 2.29. The summed E-state index contributed by atoms with van der Waals surface area (Å²) in [6.07, 6.45) is 2.38. The number of hydrogen-bond donors (Lipinski definition) is 1. The van der Waals surface area contributed by atoms with Crippen molar-refractivity contribution in [2.75, 3.05) is 13.2 Å². The lowest BCUT2D eigenvalue weighted by molar-refractivity contribution is -0.0251. The molecule has 0 radical (unpaired) electrons. The SMILES string of the molecule is NCC1CCCOC1c1cccc(Cl)c1. The van der Waals surface area contributed by atoms with Crippen LogP contribution in [0.15, 0.2) is 24.3 Å². The molecule has 0 aliphatic carbocycles. The van der Waals surface area contributed by atoms with Crippen molar-refractivity contribution in [2.45, 2.75) is 18.9 Å². The van der Waals surface area contributed by atoms with Gasteiger partial charge in [-0.2, -0.15) is 0 Å². The largest absolute Gasteiger partial charge is 0.373 e. The summed E-state index contributed by atoms with van der Waals surface area (Å²) < 4.78 is 5.78. The van der Waals surface area contributed by atoms with Crippen LogP contribution in [-0.2, 0) is 4.74 Å². The lowest BCUT2D eigenvalue weighted by atomic mass is 9.90. The molecule has 2 atom stereocenters. The summed E-state index contributed by atoms with van der Waals surface area (Å²) in [7, 11) is 0. The van der Waals surface area contributed by atoms with Crippen LogP contribution in [0.5, 0.6) is 0 Å². The Morgan fingerprint density at radius 1 is 1.47 bits per heavy atom. The number of rotatable bonds is 2. The van der Waals surface area contributed by atoms with E-state index in [1.165, 1.54) is 0 Å². The van der Waals surface area contributed by atoms with Crippen LogP contribution in [-0.4, -0.2) is 13.2 Å². The fourth-order valence-corrected chi connectivity index (χ4v) is 2.34. The average molecular weight is 226 g/mol. The first-order chi connectivity index (χ1) is 7.31. The highest BCUT2D eigenvalue weighted by Crippen LogP contribution is 2.33. The monoisotopic (exact) mass is 225 g/mol. The molecule has 2 unspecified atom stereocenters. The van der Waals surface area contributed by atoms with Gasteiger partial charge < -0.3 is 10.5 Å². The van der Waals surface area contributed by atoms with Crippen LogP contribution in [0.25, 0.3) is 0 Å². The van der Waals surface area contributed by atoms with E-state index in [0.717, 1.165) is 30.0 Å². The highest BCUT2D eigenvalue weighted by molar-refractivity contribution is 6.30. The minimum absolute atomic E-state index is 0.127. The van der Waals surface area contributed by atoms with Crippen molar-refractivity contribution in [1.82, 2.24) is 0 Å². The number of hydrogen-bond acceptors (Lipinski definition) is 2. The van der Waals surface area contributed by atoms with Crippen molar-refractivity contribution in [3.63, 3.8) is 0 Å². The molecule has 0 saturated carbocycles. The summed E-state index contributed by atoms with van der Waals surface area (Å²) >= 11 is 5.97. The fourth-order valence-electron chi connectivity index (χ4n) is 2.14. The molecule has 1 saturated heterocycles. The first-order valence-electron chi connectivity index (χ1n) is 5.38. The lowest BCUT2D eigenvalue weighted by Gasteiger charge is -2.31. The molecule has 2 rings (SSSR count). The Hall–Kier alpha value is -0.570. The Bertz CT molecular complexity index is 329. The van der Waals surface area contributed by atoms with Crippen molar-refractivity contribution in [3.05, 3.63) is 34.9 Å². The van der Waals surface area contributed by atoms with Crippen LogP contribution >= 0.6 is 11.6 Å². The molecule has 1 aromatic carbocycles. The molecule has 2 N–H and O–H groups in total. The number of ether oxygens (including phenoxy) is 1. The normalized spacial score (nSPS) is 26.5. The van der Waals surface area contributed by atoms with Crippen LogP contribution in [0.4, 0.5) is 0 Å². The third kappa shape index (κ3) is 2.51. The Balaban J connectivity index is 2.20. The van der Waals surface area contributed by atoms with Gasteiger partial charge in [-0.3, -0.25) is 0 Å². The molecule has 1 heterocycles. The van der Waals surface area contributed by atoms with Crippen molar-refractivity contribution >= 4 is 11.6 Å². The second-order valence-electron chi connectivity index (χ2n) is 3.98. The van der Waals surface area contributed by atoms with Gasteiger partial charge in [-0.05, 0) is 37.1 Å². The van der Waals surface area contributed by atoms with Crippen molar-refractivity contribution in [3.8, 4) is 0 Å². The fraction of sp³-hybridized carbons (Fsp3) is 0.500. The third-order valence-corrected chi connectivity index (χ3v) is 3.16. The molecule has 0 spiro atoms. The van der Waals surface area contributed by atoms with Crippen LogP contribution < -0.4 is 5.73 Å². The van der Waals surface area contributed by atoms with E-state index in [-0.39, 0.29) is 6.10 Å². The van der Waals surface area contributed by atoms with E-state index in [2.05, 4.69) is 6.07 Å². The number of halogens is 1. The zero-order valence-corrected chi connectivity index (χ0v) is 9.41. The summed E-state index contributed by atoms with van der Waals surface area (Å²) in [5.41, 5.74) is 6.91. The minimum Gasteiger partial charge on any atom is -0.373 e. The molecule has 0 amide bonds. The topological polar surface area (TPSA) is 35.2 Å². The highest BCUT2D eigenvalue weighted by Gasteiger charge is 2.26. The van der Waals surface area contributed by atoms with Gasteiger partial charge in [-0.25, -0.2) is 0 Å². The molecule has 1 aromatic rings. The standard InChI is InChI=1S/C12H16ClNO/c13-11-5-1-3-9(7-11)12-10(8-14)4-2-6-15-12/h1,3,5,7,10,12H,2,4,6,8,14H2. The Kier molecular flexibility index (Phi) is 3.62. The Morgan fingerprint density at radius 3 is 3.07 bits per heavy atom. The molecule has 1 fully saturated rings. The van der Waals surface area contributed by atoms with Gasteiger partial charge in [-0.1, -0.05) is 23.7 Å². The molecule has 2 nitrogen and oxygen atoms in total. The van der Waals surface area contributed by atoms with E-state index in [1.54, 1.807) is 0 Å². The maximum absolute atomic E-state index is 5.97. The van der Waals surface area contributed by atoms with E-state index in [4.69, 9.17) is 22.1 Å². The molecule has 0 bridgehead atoms. The van der Waals surface area contributed by atoms with Gasteiger partial charge in [0.25, 0.3) is 0 Å². The van der Waals surface area contributed by atoms with Gasteiger partial charge in [0.15, 0.2) is 0 Å². The predicted octanol–water partition coefficient (Wildman–Crippen LogP) is 2.77. The van der Waals surface area contributed by atoms with Gasteiger partial charge >= 0.3 is 0 Å². The van der Waals surface area contributed by atoms with E-state index in [1.807, 2.05) is 18.2 Å². The molecule has 1 aliphatic heterocycles. The smallest absolute Gasteiger partial charge is 0.0865 e. The van der Waals surface area contributed by atoms with Gasteiger partial charge in [0.2, 0.25) is 0 Å². The zero-order valence-electron chi connectivity index (χ0n) is 8.66. The summed E-state index contributed by atoms with van der Waals surface area (Å²) in [4.78, 5) is 0. The number of benzene rings is 1. The summed E-state index contributed by atoms with van der Waals surface area (Å²) in [5, 5.41) is 0.762. The minimum atomic E-state index is 0.127. The molecule has 0 aromatic heterocycles. The van der Waals surface area contributed by atoms with Gasteiger partial charge in [-0.15, -0.1) is 0 Å². The van der Waals surface area contributed by atoms with E-state index < -0.39 is 0 Å². The van der Waals surface area contributed by atoms with E-state index >= 15 is 0 Å². The predicted molar refractivity (Wildman–Crippen MR) is 61.9 cm³/mol. The Labute approximate surface area is 95.4 Å². The maximum Gasteiger partial charge on any atom is 0.0865 e. The van der Waals surface area contributed by atoms with Gasteiger partial charge in [0.05, 0.1) is 6.10 Å². The quantitative estimate of drug-likeness (QED) is 0.840.